The number of nitrogens with one attached hydrogen (secondary N) is 1. The summed E-state index contributed by atoms with van der Waals surface area (Å²) in [7, 11) is 1.64. The molecule has 3 N–H and O–H groups in total. The van der Waals surface area contributed by atoms with Crippen LogP contribution in [0.1, 0.15) is 29.5 Å². The van der Waals surface area contributed by atoms with Gasteiger partial charge in [-0.1, -0.05) is 17.7 Å². The van der Waals surface area contributed by atoms with Gasteiger partial charge in [0.15, 0.2) is 0 Å². The number of anilines is 1. The lowest BCUT2D eigenvalue weighted by molar-refractivity contribution is -0.117. The predicted octanol–water partition coefficient (Wildman–Crippen LogP) is 2.30. The van der Waals surface area contributed by atoms with E-state index in [0.717, 1.165) is 23.2 Å². The smallest absolute Gasteiger partial charge is 0.241 e. The molecule has 1 amide bonds. The summed E-state index contributed by atoms with van der Waals surface area (Å²) in [6, 6.07) is 3.62. The number of rotatable bonds is 6. The number of amides is 1. The molecule has 0 aliphatic heterocycles. The van der Waals surface area contributed by atoms with Crippen LogP contribution in [-0.2, 0) is 9.53 Å². The maximum Gasteiger partial charge on any atom is 0.241 e. The van der Waals surface area contributed by atoms with Crippen LogP contribution < -0.4 is 11.1 Å². The number of methoxy groups -OCH3 is 1. The Hall–Kier alpha value is -1.39. The van der Waals surface area contributed by atoms with E-state index < -0.39 is 6.04 Å². The Balaban J connectivity index is 2.66. The number of carbonyl (C=O) groups is 1. The van der Waals surface area contributed by atoms with E-state index >= 15 is 0 Å². The first-order valence-electron chi connectivity index (χ1n) is 6.59. The van der Waals surface area contributed by atoms with E-state index in [2.05, 4.69) is 17.4 Å². The van der Waals surface area contributed by atoms with Crippen LogP contribution in [0.3, 0.4) is 0 Å². The van der Waals surface area contributed by atoms with Crippen molar-refractivity contribution in [2.24, 2.45) is 5.73 Å². The molecule has 1 unspecified atom stereocenters. The molecule has 1 aromatic carbocycles. The van der Waals surface area contributed by atoms with Crippen LogP contribution in [0.15, 0.2) is 12.1 Å². The number of nitrogens with two attached hydrogens (primary N) is 1. The lowest BCUT2D eigenvalue weighted by Crippen LogP contribution is -2.36. The van der Waals surface area contributed by atoms with E-state index in [9.17, 15) is 4.79 Å². The third-order valence-electron chi connectivity index (χ3n) is 3.13. The van der Waals surface area contributed by atoms with Crippen LogP contribution in [0, 0.1) is 20.8 Å². The van der Waals surface area contributed by atoms with Gasteiger partial charge in [0.1, 0.15) is 0 Å². The summed E-state index contributed by atoms with van der Waals surface area (Å²) in [5.74, 6) is -0.133. The van der Waals surface area contributed by atoms with Crippen LogP contribution in [0.4, 0.5) is 5.69 Å². The minimum Gasteiger partial charge on any atom is -0.385 e. The van der Waals surface area contributed by atoms with Crippen molar-refractivity contribution in [2.45, 2.75) is 39.7 Å². The maximum absolute atomic E-state index is 12.0. The average molecular weight is 264 g/mol. The molecule has 0 aliphatic rings. The van der Waals surface area contributed by atoms with Crippen LogP contribution in [0.25, 0.3) is 0 Å². The third-order valence-corrected chi connectivity index (χ3v) is 3.13. The van der Waals surface area contributed by atoms with Gasteiger partial charge in [-0.15, -0.1) is 0 Å². The molecular weight excluding hydrogens is 240 g/mol. The number of benzene rings is 1. The molecule has 19 heavy (non-hydrogen) atoms. The molecule has 0 heterocycles. The van der Waals surface area contributed by atoms with Gasteiger partial charge in [-0.2, -0.15) is 0 Å². The first-order valence-corrected chi connectivity index (χ1v) is 6.59. The Morgan fingerprint density at radius 1 is 1.32 bits per heavy atom. The molecule has 0 saturated heterocycles. The summed E-state index contributed by atoms with van der Waals surface area (Å²) in [6.45, 7) is 6.66. The molecule has 4 nitrogen and oxygen atoms in total. The Morgan fingerprint density at radius 2 is 1.89 bits per heavy atom. The van der Waals surface area contributed by atoms with Gasteiger partial charge in [-0.3, -0.25) is 4.79 Å². The fourth-order valence-corrected chi connectivity index (χ4v) is 2.17. The van der Waals surface area contributed by atoms with E-state index in [1.165, 1.54) is 5.56 Å². The number of hydrogen-bond acceptors (Lipinski definition) is 3. The summed E-state index contributed by atoms with van der Waals surface area (Å²) in [4.78, 5) is 12.0. The fraction of sp³-hybridized carbons (Fsp3) is 0.533. The summed E-state index contributed by atoms with van der Waals surface area (Å²) < 4.78 is 4.95. The monoisotopic (exact) mass is 264 g/mol. The molecule has 0 aliphatic carbocycles. The van der Waals surface area contributed by atoms with Crippen molar-refractivity contribution in [3.63, 3.8) is 0 Å². The first kappa shape index (κ1) is 15.7. The molecule has 1 aromatic rings. The van der Waals surface area contributed by atoms with Gasteiger partial charge in [0, 0.05) is 19.4 Å². The van der Waals surface area contributed by atoms with Crippen molar-refractivity contribution in [3.05, 3.63) is 28.8 Å². The van der Waals surface area contributed by atoms with E-state index in [1.807, 2.05) is 20.8 Å². The van der Waals surface area contributed by atoms with Crippen LogP contribution in [-0.4, -0.2) is 25.7 Å². The summed E-state index contributed by atoms with van der Waals surface area (Å²) in [6.07, 6.45) is 1.42. The SMILES string of the molecule is COCCCC(N)C(=O)Nc1c(C)cc(C)cc1C. The standard InChI is InChI=1S/C15H24N2O2/c1-10-8-11(2)14(12(3)9-10)17-15(18)13(16)6-5-7-19-4/h8-9,13H,5-7,16H2,1-4H3,(H,17,18). The first-order chi connectivity index (χ1) is 8.95. The number of carbonyl (C=O) groups excluding carboxylic acids is 1. The molecule has 0 fully saturated rings. The third kappa shape index (κ3) is 4.65. The molecule has 0 radical (unpaired) electrons. The summed E-state index contributed by atoms with van der Waals surface area (Å²) in [5, 5.41) is 2.93. The molecule has 1 rings (SSSR count). The zero-order valence-electron chi connectivity index (χ0n) is 12.2. The molecular formula is C15H24N2O2. The zero-order valence-corrected chi connectivity index (χ0v) is 12.2. The lowest BCUT2D eigenvalue weighted by Gasteiger charge is -2.16. The topological polar surface area (TPSA) is 64.3 Å². The predicted molar refractivity (Wildman–Crippen MR) is 78.4 cm³/mol. The van der Waals surface area contributed by atoms with E-state index in [-0.39, 0.29) is 5.91 Å². The van der Waals surface area contributed by atoms with Crippen molar-refractivity contribution in [3.8, 4) is 0 Å². The minimum atomic E-state index is -0.491. The highest BCUT2D eigenvalue weighted by molar-refractivity contribution is 5.96. The van der Waals surface area contributed by atoms with Crippen molar-refractivity contribution in [1.82, 2.24) is 0 Å². The molecule has 106 valence electrons. The second-order valence-corrected chi connectivity index (χ2v) is 5.00. The number of aryl methyl sites for hydroxylation is 3. The van der Waals surface area contributed by atoms with Crippen LogP contribution in [0.2, 0.25) is 0 Å². The number of hydrogen-bond donors (Lipinski definition) is 2. The van der Waals surface area contributed by atoms with Gasteiger partial charge >= 0.3 is 0 Å². The molecule has 4 heteroatoms. The molecule has 0 spiro atoms. The maximum atomic E-state index is 12.0. The zero-order chi connectivity index (χ0) is 14.4. The Labute approximate surface area is 115 Å². The second kappa shape index (κ2) is 7.26. The van der Waals surface area contributed by atoms with Crippen molar-refractivity contribution < 1.29 is 9.53 Å². The van der Waals surface area contributed by atoms with Crippen LogP contribution in [0.5, 0.6) is 0 Å². The largest absolute Gasteiger partial charge is 0.385 e. The molecule has 1 atom stereocenters. The fourth-order valence-electron chi connectivity index (χ4n) is 2.17. The minimum absolute atomic E-state index is 0.133. The van der Waals surface area contributed by atoms with E-state index in [1.54, 1.807) is 7.11 Å². The summed E-state index contributed by atoms with van der Waals surface area (Å²) in [5.41, 5.74) is 10.1. The molecule has 0 saturated carbocycles. The van der Waals surface area contributed by atoms with Gasteiger partial charge < -0.3 is 15.8 Å². The number of ether oxygens (including phenoxy) is 1. The molecule has 0 bridgehead atoms. The van der Waals surface area contributed by atoms with E-state index in [4.69, 9.17) is 10.5 Å². The Kier molecular flexibility index (Phi) is 5.99. The lowest BCUT2D eigenvalue weighted by atomic mass is 10.0. The van der Waals surface area contributed by atoms with Gasteiger partial charge in [-0.25, -0.2) is 0 Å². The normalized spacial score (nSPS) is 12.3. The van der Waals surface area contributed by atoms with Gasteiger partial charge in [0.2, 0.25) is 5.91 Å². The summed E-state index contributed by atoms with van der Waals surface area (Å²) >= 11 is 0. The van der Waals surface area contributed by atoms with Crippen molar-refractivity contribution in [2.75, 3.05) is 19.0 Å². The highest BCUT2D eigenvalue weighted by atomic mass is 16.5. The second-order valence-electron chi connectivity index (χ2n) is 5.00. The van der Waals surface area contributed by atoms with Gasteiger partial charge in [0.05, 0.1) is 6.04 Å². The quantitative estimate of drug-likeness (QED) is 0.775. The van der Waals surface area contributed by atoms with Gasteiger partial charge in [0.25, 0.3) is 0 Å². The Morgan fingerprint density at radius 3 is 2.42 bits per heavy atom. The van der Waals surface area contributed by atoms with E-state index in [0.29, 0.717) is 13.0 Å². The highest BCUT2D eigenvalue weighted by Gasteiger charge is 2.15. The highest BCUT2D eigenvalue weighted by Crippen LogP contribution is 2.22. The van der Waals surface area contributed by atoms with Crippen molar-refractivity contribution >= 4 is 11.6 Å². The molecule has 0 aromatic heterocycles. The Bertz CT molecular complexity index is 421. The van der Waals surface area contributed by atoms with Crippen molar-refractivity contribution in [1.29, 1.82) is 0 Å². The average Bonchev–Trinajstić information content (AvgIpc) is 2.33. The van der Waals surface area contributed by atoms with Gasteiger partial charge in [-0.05, 0) is 44.7 Å². The van der Waals surface area contributed by atoms with Crippen LogP contribution >= 0.6 is 0 Å².